The van der Waals surface area contributed by atoms with Crippen LogP contribution >= 0.6 is 0 Å². The summed E-state index contributed by atoms with van der Waals surface area (Å²) in [4.78, 5) is 6.83. The van der Waals surface area contributed by atoms with Gasteiger partial charge in [0.25, 0.3) is 0 Å². The number of nitrogens with zero attached hydrogens (tertiary/aromatic N) is 3. The van der Waals surface area contributed by atoms with E-state index in [9.17, 15) is 0 Å². The molecule has 5 nitrogen and oxygen atoms in total. The normalized spacial score (nSPS) is 22.3. The molecule has 0 radical (unpaired) electrons. The van der Waals surface area contributed by atoms with Crippen LogP contribution in [0.25, 0.3) is 0 Å². The van der Waals surface area contributed by atoms with Gasteiger partial charge in [0.15, 0.2) is 5.82 Å². The number of hydrogen-bond donors (Lipinski definition) is 1. The zero-order chi connectivity index (χ0) is 15.4. The third kappa shape index (κ3) is 3.36. The standard InChI is InChI=1S/C17H24N4O/c1-2-6-16-19-17(22-20-16)12-21-10-14(9-18)15(11-21)13-7-4-3-5-8-13/h3-5,7-8,14-15H,2,6,9-12,18H2,1H3/t14-,15+/m1/s1. The number of hydrogen-bond acceptors (Lipinski definition) is 5. The van der Waals surface area contributed by atoms with Gasteiger partial charge in [0, 0.05) is 25.4 Å². The van der Waals surface area contributed by atoms with Gasteiger partial charge in [-0.2, -0.15) is 4.98 Å². The lowest BCUT2D eigenvalue weighted by Crippen LogP contribution is -2.23. The number of nitrogens with two attached hydrogens (primary N) is 1. The zero-order valence-electron chi connectivity index (χ0n) is 13.1. The monoisotopic (exact) mass is 300 g/mol. The Morgan fingerprint density at radius 2 is 2.09 bits per heavy atom. The molecule has 1 aliphatic rings. The van der Waals surface area contributed by atoms with E-state index in [2.05, 4.69) is 52.3 Å². The highest BCUT2D eigenvalue weighted by atomic mass is 16.5. The molecule has 2 N–H and O–H groups in total. The Balaban J connectivity index is 1.66. The van der Waals surface area contributed by atoms with Crippen LogP contribution in [-0.4, -0.2) is 34.7 Å². The van der Waals surface area contributed by atoms with Crippen LogP contribution in [0.3, 0.4) is 0 Å². The van der Waals surface area contributed by atoms with E-state index < -0.39 is 0 Å². The van der Waals surface area contributed by atoms with E-state index in [-0.39, 0.29) is 0 Å². The number of aromatic nitrogens is 2. The molecule has 2 heterocycles. The Bertz CT molecular complexity index is 583. The second kappa shape index (κ2) is 7.03. The van der Waals surface area contributed by atoms with Crippen molar-refractivity contribution in [2.75, 3.05) is 19.6 Å². The minimum atomic E-state index is 0.487. The van der Waals surface area contributed by atoms with Crippen molar-refractivity contribution >= 4 is 0 Å². The van der Waals surface area contributed by atoms with Crippen LogP contribution < -0.4 is 5.73 Å². The zero-order valence-corrected chi connectivity index (χ0v) is 13.1. The molecule has 0 unspecified atom stereocenters. The maximum atomic E-state index is 5.98. The quantitative estimate of drug-likeness (QED) is 0.885. The molecule has 1 aromatic carbocycles. The third-order valence-corrected chi connectivity index (χ3v) is 4.39. The number of rotatable bonds is 6. The smallest absolute Gasteiger partial charge is 0.240 e. The molecule has 1 aromatic heterocycles. The Morgan fingerprint density at radius 3 is 2.82 bits per heavy atom. The van der Waals surface area contributed by atoms with Gasteiger partial charge in [-0.05, 0) is 24.4 Å². The SMILES string of the molecule is CCCc1noc(CN2C[C@@H](CN)[C@H](c3ccccc3)C2)n1. The van der Waals surface area contributed by atoms with Gasteiger partial charge < -0.3 is 10.3 Å². The first-order valence-electron chi connectivity index (χ1n) is 8.09. The minimum absolute atomic E-state index is 0.487. The summed E-state index contributed by atoms with van der Waals surface area (Å²) < 4.78 is 5.35. The summed E-state index contributed by atoms with van der Waals surface area (Å²) >= 11 is 0. The molecule has 2 aromatic rings. The predicted molar refractivity (Wildman–Crippen MR) is 85.3 cm³/mol. The molecule has 2 atom stereocenters. The second-order valence-corrected chi connectivity index (χ2v) is 6.06. The molecule has 0 aliphatic carbocycles. The van der Waals surface area contributed by atoms with Gasteiger partial charge in [-0.1, -0.05) is 42.4 Å². The highest BCUT2D eigenvalue weighted by Gasteiger charge is 2.33. The first-order chi connectivity index (χ1) is 10.8. The van der Waals surface area contributed by atoms with Crippen molar-refractivity contribution in [3.63, 3.8) is 0 Å². The summed E-state index contributed by atoms with van der Waals surface area (Å²) in [6.45, 7) is 5.53. The first-order valence-corrected chi connectivity index (χ1v) is 8.09. The van der Waals surface area contributed by atoms with Crippen LogP contribution in [0.5, 0.6) is 0 Å². The molecular weight excluding hydrogens is 276 g/mol. The summed E-state index contributed by atoms with van der Waals surface area (Å²) in [7, 11) is 0. The summed E-state index contributed by atoms with van der Waals surface area (Å²) in [5.74, 6) is 2.50. The molecule has 0 spiro atoms. The van der Waals surface area contributed by atoms with Crippen molar-refractivity contribution in [1.29, 1.82) is 0 Å². The lowest BCUT2D eigenvalue weighted by Gasteiger charge is -2.16. The Hall–Kier alpha value is -1.72. The average molecular weight is 300 g/mol. The van der Waals surface area contributed by atoms with Gasteiger partial charge in [-0.25, -0.2) is 0 Å². The predicted octanol–water partition coefficient (Wildman–Crippen LogP) is 2.20. The fourth-order valence-electron chi connectivity index (χ4n) is 3.28. The van der Waals surface area contributed by atoms with Crippen molar-refractivity contribution in [2.45, 2.75) is 32.2 Å². The fraction of sp³-hybridized carbons (Fsp3) is 0.529. The lowest BCUT2D eigenvalue weighted by atomic mass is 9.89. The number of aryl methyl sites for hydroxylation is 1. The summed E-state index contributed by atoms with van der Waals surface area (Å²) in [6, 6.07) is 10.6. The Kier molecular flexibility index (Phi) is 4.85. The van der Waals surface area contributed by atoms with E-state index in [0.717, 1.165) is 38.3 Å². The average Bonchev–Trinajstić information content (AvgIpc) is 3.16. The molecule has 1 saturated heterocycles. The lowest BCUT2D eigenvalue weighted by molar-refractivity contribution is 0.259. The molecule has 0 bridgehead atoms. The Morgan fingerprint density at radius 1 is 1.27 bits per heavy atom. The molecule has 118 valence electrons. The summed E-state index contributed by atoms with van der Waals surface area (Å²) in [5, 5.41) is 4.03. The van der Waals surface area contributed by atoms with Gasteiger partial charge >= 0.3 is 0 Å². The van der Waals surface area contributed by atoms with Gasteiger partial charge in [-0.15, -0.1) is 0 Å². The number of benzene rings is 1. The van der Waals surface area contributed by atoms with Gasteiger partial charge in [0.1, 0.15) is 0 Å². The second-order valence-electron chi connectivity index (χ2n) is 6.06. The van der Waals surface area contributed by atoms with Crippen molar-refractivity contribution in [3.05, 3.63) is 47.6 Å². The molecule has 0 saturated carbocycles. The molecule has 5 heteroatoms. The molecule has 1 aliphatic heterocycles. The minimum Gasteiger partial charge on any atom is -0.338 e. The van der Waals surface area contributed by atoms with Crippen LogP contribution in [-0.2, 0) is 13.0 Å². The largest absolute Gasteiger partial charge is 0.338 e. The van der Waals surface area contributed by atoms with Crippen LogP contribution in [0.1, 0.15) is 36.5 Å². The van der Waals surface area contributed by atoms with Crippen LogP contribution in [0, 0.1) is 5.92 Å². The summed E-state index contributed by atoms with van der Waals surface area (Å²) in [6.07, 6.45) is 1.91. The van der Waals surface area contributed by atoms with E-state index in [1.807, 2.05) is 0 Å². The number of likely N-dealkylation sites (tertiary alicyclic amines) is 1. The fourth-order valence-corrected chi connectivity index (χ4v) is 3.28. The molecule has 0 amide bonds. The molecule has 22 heavy (non-hydrogen) atoms. The van der Waals surface area contributed by atoms with E-state index in [1.54, 1.807) is 0 Å². The molecule has 3 rings (SSSR count). The molecule has 1 fully saturated rings. The highest BCUT2D eigenvalue weighted by Crippen LogP contribution is 2.32. The van der Waals surface area contributed by atoms with Crippen LogP contribution in [0.2, 0.25) is 0 Å². The summed E-state index contributed by atoms with van der Waals surface area (Å²) in [5.41, 5.74) is 7.36. The first kappa shape index (κ1) is 15.2. The van der Waals surface area contributed by atoms with Crippen LogP contribution in [0.4, 0.5) is 0 Å². The maximum Gasteiger partial charge on any atom is 0.240 e. The van der Waals surface area contributed by atoms with E-state index in [1.165, 1.54) is 5.56 Å². The van der Waals surface area contributed by atoms with Crippen molar-refractivity contribution in [3.8, 4) is 0 Å². The van der Waals surface area contributed by atoms with Crippen LogP contribution in [0.15, 0.2) is 34.9 Å². The van der Waals surface area contributed by atoms with E-state index >= 15 is 0 Å². The third-order valence-electron chi connectivity index (χ3n) is 4.39. The maximum absolute atomic E-state index is 5.98. The topological polar surface area (TPSA) is 68.2 Å². The van der Waals surface area contributed by atoms with Crippen molar-refractivity contribution in [2.24, 2.45) is 11.7 Å². The molecular formula is C17H24N4O. The van der Waals surface area contributed by atoms with Gasteiger partial charge in [-0.3, -0.25) is 4.90 Å². The van der Waals surface area contributed by atoms with Crippen molar-refractivity contribution < 1.29 is 4.52 Å². The highest BCUT2D eigenvalue weighted by molar-refractivity contribution is 5.22. The van der Waals surface area contributed by atoms with Gasteiger partial charge in [0.05, 0.1) is 6.54 Å². The Labute approximate surface area is 131 Å². The van der Waals surface area contributed by atoms with Gasteiger partial charge in [0.2, 0.25) is 5.89 Å². The van der Waals surface area contributed by atoms with Crippen molar-refractivity contribution in [1.82, 2.24) is 15.0 Å². The van der Waals surface area contributed by atoms with E-state index in [4.69, 9.17) is 10.3 Å². The van der Waals surface area contributed by atoms with E-state index in [0.29, 0.717) is 24.3 Å².